The van der Waals surface area contributed by atoms with E-state index in [9.17, 15) is 0 Å². The number of hydrogen-bond acceptors (Lipinski definition) is 4. The van der Waals surface area contributed by atoms with Crippen LogP contribution in [0.1, 0.15) is 24.8 Å². The number of fused-ring (bicyclic) bond motifs is 2. The minimum atomic E-state index is -0.0541. The highest BCUT2D eigenvalue weighted by Gasteiger charge is 2.48. The quantitative estimate of drug-likeness (QED) is 0.877. The number of nitrogens with two attached hydrogens (primary N) is 1. The van der Waals surface area contributed by atoms with Crippen LogP contribution in [-0.4, -0.2) is 30.6 Å². The van der Waals surface area contributed by atoms with E-state index in [0.717, 1.165) is 37.8 Å². The fraction of sp³-hybridized carbons (Fsp3) is 0.533. The van der Waals surface area contributed by atoms with Gasteiger partial charge in [-0.1, -0.05) is 18.2 Å². The third-order valence-electron chi connectivity index (χ3n) is 4.60. The first-order valence-electron chi connectivity index (χ1n) is 7.09. The van der Waals surface area contributed by atoms with Gasteiger partial charge < -0.3 is 15.4 Å². The molecule has 2 N–H and O–H groups in total. The lowest BCUT2D eigenvalue weighted by atomic mass is 9.83. The topological polar surface area (TPSA) is 50.9 Å². The van der Waals surface area contributed by atoms with Gasteiger partial charge in [0.25, 0.3) is 0 Å². The summed E-state index contributed by atoms with van der Waals surface area (Å²) in [7, 11) is 0. The Kier molecular flexibility index (Phi) is 2.28. The summed E-state index contributed by atoms with van der Waals surface area (Å²) in [5.74, 6) is 2.52. The van der Waals surface area contributed by atoms with Crippen molar-refractivity contribution in [2.24, 2.45) is 16.6 Å². The molecular weight excluding hydrogens is 238 g/mol. The summed E-state index contributed by atoms with van der Waals surface area (Å²) < 4.78 is 5.80. The van der Waals surface area contributed by atoms with E-state index in [1.165, 1.54) is 18.4 Å². The molecule has 4 heteroatoms. The Morgan fingerprint density at radius 2 is 2.21 bits per heavy atom. The Hall–Kier alpha value is -1.71. The highest BCUT2D eigenvalue weighted by atomic mass is 16.5. The SMILES string of the molecule is NC1=NCC2(CCOc3ccccc32)N1CC1CC1. The lowest BCUT2D eigenvalue weighted by Crippen LogP contribution is -2.52. The van der Waals surface area contributed by atoms with Crippen molar-refractivity contribution in [1.82, 2.24) is 4.90 Å². The highest BCUT2D eigenvalue weighted by Crippen LogP contribution is 2.45. The summed E-state index contributed by atoms with van der Waals surface area (Å²) in [4.78, 5) is 6.88. The third kappa shape index (κ3) is 1.62. The molecular formula is C15H19N3O. The largest absolute Gasteiger partial charge is 0.493 e. The molecule has 0 saturated heterocycles. The fourth-order valence-electron chi connectivity index (χ4n) is 3.31. The second kappa shape index (κ2) is 3.89. The van der Waals surface area contributed by atoms with Crippen molar-refractivity contribution < 1.29 is 4.74 Å². The van der Waals surface area contributed by atoms with Crippen molar-refractivity contribution in [3.8, 4) is 5.75 Å². The maximum Gasteiger partial charge on any atom is 0.192 e. The van der Waals surface area contributed by atoms with E-state index in [-0.39, 0.29) is 5.54 Å². The van der Waals surface area contributed by atoms with Gasteiger partial charge in [0.05, 0.1) is 18.7 Å². The summed E-state index contributed by atoms with van der Waals surface area (Å²) in [5, 5.41) is 0. The Bertz CT molecular complexity index is 538. The van der Waals surface area contributed by atoms with Gasteiger partial charge in [-0.15, -0.1) is 0 Å². The molecule has 0 aromatic heterocycles. The predicted molar refractivity (Wildman–Crippen MR) is 74.2 cm³/mol. The number of benzene rings is 1. The van der Waals surface area contributed by atoms with Crippen molar-refractivity contribution in [3.05, 3.63) is 29.8 Å². The molecule has 1 fully saturated rings. The van der Waals surface area contributed by atoms with Gasteiger partial charge in [0.2, 0.25) is 0 Å². The molecule has 1 spiro atoms. The van der Waals surface area contributed by atoms with Crippen LogP contribution in [0.2, 0.25) is 0 Å². The zero-order chi connectivity index (χ0) is 12.9. The monoisotopic (exact) mass is 257 g/mol. The Morgan fingerprint density at radius 3 is 3.05 bits per heavy atom. The van der Waals surface area contributed by atoms with Crippen LogP contribution in [0, 0.1) is 5.92 Å². The molecule has 2 heterocycles. The molecule has 1 aromatic carbocycles. The lowest BCUT2D eigenvalue weighted by Gasteiger charge is -2.43. The van der Waals surface area contributed by atoms with Gasteiger partial charge in [0, 0.05) is 18.5 Å². The van der Waals surface area contributed by atoms with Crippen LogP contribution < -0.4 is 10.5 Å². The van der Waals surface area contributed by atoms with Crippen molar-refractivity contribution in [2.75, 3.05) is 19.7 Å². The molecule has 100 valence electrons. The van der Waals surface area contributed by atoms with Gasteiger partial charge in [0.1, 0.15) is 5.75 Å². The maximum absolute atomic E-state index is 6.15. The van der Waals surface area contributed by atoms with Crippen LogP contribution in [0.4, 0.5) is 0 Å². The van der Waals surface area contributed by atoms with Crippen LogP contribution in [-0.2, 0) is 5.54 Å². The summed E-state index contributed by atoms with van der Waals surface area (Å²) in [6, 6.07) is 8.34. The number of aliphatic imine (C=N–C) groups is 1. The average molecular weight is 257 g/mol. The molecule has 1 aromatic rings. The molecule has 1 unspecified atom stereocenters. The summed E-state index contributed by atoms with van der Waals surface area (Å²) >= 11 is 0. The fourth-order valence-corrected chi connectivity index (χ4v) is 3.31. The van der Waals surface area contributed by atoms with Crippen molar-refractivity contribution in [1.29, 1.82) is 0 Å². The Morgan fingerprint density at radius 1 is 1.37 bits per heavy atom. The molecule has 3 aliphatic rings. The van der Waals surface area contributed by atoms with E-state index in [2.05, 4.69) is 28.1 Å². The number of para-hydroxylation sites is 1. The molecule has 0 amide bonds. The molecule has 2 aliphatic heterocycles. The molecule has 1 saturated carbocycles. The Balaban J connectivity index is 1.76. The first kappa shape index (κ1) is 11.1. The molecule has 1 aliphatic carbocycles. The molecule has 4 rings (SSSR count). The van der Waals surface area contributed by atoms with Crippen LogP contribution >= 0.6 is 0 Å². The molecule has 4 nitrogen and oxygen atoms in total. The van der Waals surface area contributed by atoms with Gasteiger partial charge >= 0.3 is 0 Å². The van der Waals surface area contributed by atoms with Crippen molar-refractivity contribution in [2.45, 2.75) is 24.8 Å². The molecule has 19 heavy (non-hydrogen) atoms. The zero-order valence-corrected chi connectivity index (χ0v) is 11.0. The van der Waals surface area contributed by atoms with E-state index in [1.54, 1.807) is 0 Å². The minimum absolute atomic E-state index is 0.0541. The van der Waals surface area contributed by atoms with E-state index >= 15 is 0 Å². The standard InChI is InChI=1S/C15H19N3O/c16-14-17-10-15(18(14)9-11-5-6-11)7-8-19-13-4-2-1-3-12(13)15/h1-4,11H,5-10H2,(H2,16,17). The second-order valence-electron chi connectivity index (χ2n) is 5.85. The minimum Gasteiger partial charge on any atom is -0.493 e. The van der Waals surface area contributed by atoms with Gasteiger partial charge in [0.15, 0.2) is 5.96 Å². The number of guanidine groups is 1. The maximum atomic E-state index is 6.15. The number of ether oxygens (including phenoxy) is 1. The zero-order valence-electron chi connectivity index (χ0n) is 11.0. The molecule has 0 radical (unpaired) electrons. The Labute approximate surface area is 113 Å². The van der Waals surface area contributed by atoms with E-state index in [1.807, 2.05) is 6.07 Å². The second-order valence-corrected chi connectivity index (χ2v) is 5.85. The highest BCUT2D eigenvalue weighted by molar-refractivity contribution is 5.81. The summed E-state index contributed by atoms with van der Waals surface area (Å²) in [6.45, 7) is 2.57. The first-order chi connectivity index (χ1) is 9.29. The van der Waals surface area contributed by atoms with Crippen LogP contribution in [0.25, 0.3) is 0 Å². The summed E-state index contributed by atoms with van der Waals surface area (Å²) in [5.41, 5.74) is 7.35. The normalized spacial score (nSPS) is 29.1. The van der Waals surface area contributed by atoms with E-state index < -0.39 is 0 Å². The first-order valence-corrected chi connectivity index (χ1v) is 7.09. The van der Waals surface area contributed by atoms with Crippen molar-refractivity contribution >= 4 is 5.96 Å². The van der Waals surface area contributed by atoms with Gasteiger partial charge in [-0.05, 0) is 24.8 Å². The molecule has 0 bridgehead atoms. The number of rotatable bonds is 2. The average Bonchev–Trinajstić information content (AvgIpc) is 3.21. The van der Waals surface area contributed by atoms with Gasteiger partial charge in [-0.2, -0.15) is 0 Å². The number of hydrogen-bond donors (Lipinski definition) is 1. The van der Waals surface area contributed by atoms with E-state index in [0.29, 0.717) is 5.96 Å². The van der Waals surface area contributed by atoms with Crippen LogP contribution in [0.15, 0.2) is 29.3 Å². The summed E-state index contributed by atoms with van der Waals surface area (Å²) in [6.07, 6.45) is 3.64. The smallest absolute Gasteiger partial charge is 0.192 e. The lowest BCUT2D eigenvalue weighted by molar-refractivity contribution is 0.118. The van der Waals surface area contributed by atoms with Crippen LogP contribution in [0.3, 0.4) is 0 Å². The molecule has 1 atom stereocenters. The number of nitrogens with zero attached hydrogens (tertiary/aromatic N) is 2. The van der Waals surface area contributed by atoms with Crippen LogP contribution in [0.5, 0.6) is 5.75 Å². The van der Waals surface area contributed by atoms with E-state index in [4.69, 9.17) is 10.5 Å². The van der Waals surface area contributed by atoms with Crippen molar-refractivity contribution in [3.63, 3.8) is 0 Å². The van der Waals surface area contributed by atoms with Gasteiger partial charge in [-0.3, -0.25) is 4.99 Å². The predicted octanol–water partition coefficient (Wildman–Crippen LogP) is 1.70. The van der Waals surface area contributed by atoms with Gasteiger partial charge in [-0.25, -0.2) is 0 Å². The third-order valence-corrected chi connectivity index (χ3v) is 4.60.